The smallest absolute Gasteiger partial charge is 0.358 e. The lowest BCUT2D eigenvalue weighted by atomic mass is 10.1. The van der Waals surface area contributed by atoms with E-state index in [1.54, 1.807) is 29.2 Å². The normalized spacial score (nSPS) is 10.7. The first-order valence-corrected chi connectivity index (χ1v) is 6.21. The molecule has 0 saturated carbocycles. The third-order valence-electron chi connectivity index (χ3n) is 2.97. The Morgan fingerprint density at radius 2 is 2.05 bits per heavy atom. The van der Waals surface area contributed by atoms with Crippen LogP contribution >= 0.6 is 0 Å². The molecule has 3 heterocycles. The minimum Gasteiger partial charge on any atom is -0.476 e. The monoisotopic (exact) mass is 284 g/mol. The van der Waals surface area contributed by atoms with Gasteiger partial charge in [-0.25, -0.2) is 9.48 Å². The fourth-order valence-electron chi connectivity index (χ4n) is 2.06. The first-order chi connectivity index (χ1) is 10.1. The Morgan fingerprint density at radius 3 is 2.67 bits per heavy atom. The average molecular weight is 284 g/mol. The highest BCUT2D eigenvalue weighted by atomic mass is 16.4. The SMILES string of the molecule is Cn1ccc(Cn2nnc(C(=O)O)c2-c2ccncc2)n1. The summed E-state index contributed by atoms with van der Waals surface area (Å²) in [5.74, 6) is -1.12. The van der Waals surface area contributed by atoms with Crippen molar-refractivity contribution in [1.29, 1.82) is 0 Å². The van der Waals surface area contributed by atoms with Gasteiger partial charge in [-0.2, -0.15) is 5.10 Å². The number of hydrogen-bond donors (Lipinski definition) is 1. The molecule has 0 aromatic carbocycles. The van der Waals surface area contributed by atoms with Crippen LogP contribution in [0.4, 0.5) is 0 Å². The summed E-state index contributed by atoms with van der Waals surface area (Å²) < 4.78 is 3.21. The van der Waals surface area contributed by atoms with Crippen molar-refractivity contribution in [1.82, 2.24) is 29.8 Å². The molecule has 0 unspecified atom stereocenters. The molecule has 8 nitrogen and oxygen atoms in total. The molecule has 0 spiro atoms. The molecule has 3 aromatic heterocycles. The average Bonchev–Trinajstić information content (AvgIpc) is 3.07. The predicted octanol–water partition coefficient (Wildman–Crippen LogP) is 0.820. The molecule has 0 aliphatic heterocycles. The van der Waals surface area contributed by atoms with Crippen molar-refractivity contribution in [3.8, 4) is 11.3 Å². The maximum atomic E-state index is 11.3. The fraction of sp³-hybridized carbons (Fsp3) is 0.154. The van der Waals surface area contributed by atoms with Gasteiger partial charge < -0.3 is 5.11 Å². The molecule has 3 aromatic rings. The molecule has 0 amide bonds. The third-order valence-corrected chi connectivity index (χ3v) is 2.97. The lowest BCUT2D eigenvalue weighted by molar-refractivity contribution is 0.0691. The molecule has 0 aliphatic carbocycles. The summed E-state index contributed by atoms with van der Waals surface area (Å²) in [4.78, 5) is 15.2. The van der Waals surface area contributed by atoms with Crippen molar-refractivity contribution in [3.05, 3.63) is 48.2 Å². The molecule has 0 saturated heterocycles. The van der Waals surface area contributed by atoms with E-state index < -0.39 is 5.97 Å². The molecule has 0 fully saturated rings. The standard InChI is InChI=1S/C13H12N6O2/c1-18-7-4-10(16-18)8-19-12(9-2-5-14-6-3-9)11(13(20)21)15-17-19/h2-7H,8H2,1H3,(H,20,21). The quantitative estimate of drug-likeness (QED) is 0.761. The van der Waals surface area contributed by atoms with E-state index in [1.807, 2.05) is 19.3 Å². The topological polar surface area (TPSA) is 98.7 Å². The second-order valence-corrected chi connectivity index (χ2v) is 4.47. The Morgan fingerprint density at radius 1 is 1.29 bits per heavy atom. The highest BCUT2D eigenvalue weighted by molar-refractivity contribution is 5.92. The minimum absolute atomic E-state index is 0.0860. The number of hydrogen-bond acceptors (Lipinski definition) is 5. The van der Waals surface area contributed by atoms with Gasteiger partial charge in [0.25, 0.3) is 0 Å². The van der Waals surface area contributed by atoms with E-state index in [0.29, 0.717) is 17.8 Å². The molecule has 3 rings (SSSR count). The number of carboxylic acid groups (broad SMARTS) is 1. The molecular weight excluding hydrogens is 272 g/mol. The Kier molecular flexibility index (Phi) is 3.19. The van der Waals surface area contributed by atoms with Gasteiger partial charge in [0, 0.05) is 31.2 Å². The van der Waals surface area contributed by atoms with E-state index in [-0.39, 0.29) is 5.69 Å². The molecule has 8 heteroatoms. The Balaban J connectivity index is 2.07. The fourth-order valence-corrected chi connectivity index (χ4v) is 2.06. The van der Waals surface area contributed by atoms with Crippen LogP contribution in [0, 0.1) is 0 Å². The van der Waals surface area contributed by atoms with Gasteiger partial charge in [0.15, 0.2) is 5.69 Å². The van der Waals surface area contributed by atoms with Crippen LogP contribution in [0.15, 0.2) is 36.8 Å². The van der Waals surface area contributed by atoms with Crippen molar-refractivity contribution in [2.45, 2.75) is 6.54 Å². The number of carboxylic acids is 1. The van der Waals surface area contributed by atoms with Crippen molar-refractivity contribution < 1.29 is 9.90 Å². The van der Waals surface area contributed by atoms with E-state index in [2.05, 4.69) is 20.4 Å². The minimum atomic E-state index is -1.12. The zero-order chi connectivity index (χ0) is 14.8. The van der Waals surface area contributed by atoms with Crippen molar-refractivity contribution in [2.75, 3.05) is 0 Å². The number of aryl methyl sites for hydroxylation is 1. The second-order valence-electron chi connectivity index (χ2n) is 4.47. The lowest BCUT2D eigenvalue weighted by Gasteiger charge is -2.05. The number of pyridine rings is 1. The molecule has 21 heavy (non-hydrogen) atoms. The summed E-state index contributed by atoms with van der Waals surface area (Å²) in [7, 11) is 1.82. The summed E-state index contributed by atoms with van der Waals surface area (Å²) in [5.41, 5.74) is 1.82. The van der Waals surface area contributed by atoms with Crippen LogP contribution in [0.5, 0.6) is 0 Å². The molecule has 106 valence electrons. The summed E-state index contributed by atoms with van der Waals surface area (Å²) in [6.45, 7) is 0.346. The second kappa shape index (κ2) is 5.16. The van der Waals surface area contributed by atoms with Gasteiger partial charge >= 0.3 is 5.97 Å². The summed E-state index contributed by atoms with van der Waals surface area (Å²) >= 11 is 0. The van der Waals surface area contributed by atoms with E-state index in [0.717, 1.165) is 5.69 Å². The van der Waals surface area contributed by atoms with Crippen LogP contribution in [0.3, 0.4) is 0 Å². The zero-order valence-corrected chi connectivity index (χ0v) is 11.2. The third kappa shape index (κ3) is 2.50. The van der Waals surface area contributed by atoms with Crippen molar-refractivity contribution in [2.24, 2.45) is 7.05 Å². The van der Waals surface area contributed by atoms with Gasteiger partial charge in [-0.15, -0.1) is 5.10 Å². The lowest BCUT2D eigenvalue weighted by Crippen LogP contribution is -2.07. The molecule has 0 atom stereocenters. The number of aromatic carboxylic acids is 1. The molecule has 0 aliphatic rings. The maximum absolute atomic E-state index is 11.3. The van der Waals surface area contributed by atoms with Crippen LogP contribution in [0.25, 0.3) is 11.3 Å². The van der Waals surface area contributed by atoms with Gasteiger partial charge in [-0.1, -0.05) is 5.21 Å². The maximum Gasteiger partial charge on any atom is 0.358 e. The summed E-state index contributed by atoms with van der Waals surface area (Å²) in [6.07, 6.45) is 5.01. The van der Waals surface area contributed by atoms with Gasteiger partial charge in [-0.05, 0) is 18.2 Å². The first-order valence-electron chi connectivity index (χ1n) is 6.21. The Hall–Kier alpha value is -3.03. The predicted molar refractivity (Wildman–Crippen MR) is 72.5 cm³/mol. The number of carbonyl (C=O) groups is 1. The van der Waals surface area contributed by atoms with E-state index in [9.17, 15) is 9.90 Å². The van der Waals surface area contributed by atoms with Crippen LogP contribution in [0.1, 0.15) is 16.2 Å². The summed E-state index contributed by atoms with van der Waals surface area (Å²) in [5, 5.41) is 21.2. The van der Waals surface area contributed by atoms with E-state index in [4.69, 9.17) is 0 Å². The van der Waals surface area contributed by atoms with Crippen LogP contribution < -0.4 is 0 Å². The van der Waals surface area contributed by atoms with Gasteiger partial charge in [0.1, 0.15) is 5.69 Å². The highest BCUT2D eigenvalue weighted by Crippen LogP contribution is 2.22. The van der Waals surface area contributed by atoms with E-state index >= 15 is 0 Å². The number of nitrogens with zero attached hydrogens (tertiary/aromatic N) is 6. The van der Waals surface area contributed by atoms with E-state index in [1.165, 1.54) is 4.68 Å². The number of aromatic nitrogens is 6. The molecule has 0 radical (unpaired) electrons. The van der Waals surface area contributed by atoms with Crippen molar-refractivity contribution >= 4 is 5.97 Å². The van der Waals surface area contributed by atoms with Gasteiger partial charge in [0.05, 0.1) is 12.2 Å². The largest absolute Gasteiger partial charge is 0.476 e. The van der Waals surface area contributed by atoms with Crippen LogP contribution in [-0.4, -0.2) is 40.8 Å². The first kappa shape index (κ1) is 13.0. The Labute approximate surface area is 119 Å². The van der Waals surface area contributed by atoms with Crippen LogP contribution in [0.2, 0.25) is 0 Å². The van der Waals surface area contributed by atoms with Crippen molar-refractivity contribution in [3.63, 3.8) is 0 Å². The molecular formula is C13H12N6O2. The zero-order valence-electron chi connectivity index (χ0n) is 11.2. The molecule has 0 bridgehead atoms. The summed E-state index contributed by atoms with van der Waals surface area (Å²) in [6, 6.07) is 5.29. The number of rotatable bonds is 4. The highest BCUT2D eigenvalue weighted by Gasteiger charge is 2.20. The van der Waals surface area contributed by atoms with Gasteiger partial charge in [0.2, 0.25) is 0 Å². The molecule has 1 N–H and O–H groups in total. The Bertz CT molecular complexity index is 777. The van der Waals surface area contributed by atoms with Gasteiger partial charge in [-0.3, -0.25) is 9.67 Å². The van der Waals surface area contributed by atoms with Crippen LogP contribution in [-0.2, 0) is 13.6 Å².